The molecule has 1 atom stereocenters. The van der Waals surface area contributed by atoms with E-state index in [-0.39, 0.29) is 18.8 Å². The number of hydrogen-bond acceptors (Lipinski definition) is 6. The van der Waals surface area contributed by atoms with Gasteiger partial charge in [0.05, 0.1) is 25.5 Å². The predicted molar refractivity (Wildman–Crippen MR) is 86.8 cm³/mol. The Hall–Kier alpha value is -0.860. The molecule has 1 amide bonds. The average Bonchev–Trinajstić information content (AvgIpc) is 2.60. The molecule has 0 N–H and O–H groups in total. The molecule has 0 aromatic heterocycles. The van der Waals surface area contributed by atoms with Crippen LogP contribution in [0.4, 0.5) is 4.79 Å². The quantitative estimate of drug-likeness (QED) is 0.539. The Morgan fingerprint density at radius 1 is 1.22 bits per heavy atom. The van der Waals surface area contributed by atoms with Gasteiger partial charge in [0.1, 0.15) is 5.60 Å². The summed E-state index contributed by atoms with van der Waals surface area (Å²) in [7, 11) is -3.40. The Labute approximate surface area is 139 Å². The van der Waals surface area contributed by atoms with E-state index in [1.54, 1.807) is 4.90 Å². The van der Waals surface area contributed by atoms with E-state index in [9.17, 15) is 13.2 Å². The van der Waals surface area contributed by atoms with Crippen LogP contribution in [0.25, 0.3) is 0 Å². The molecule has 8 heteroatoms. The van der Waals surface area contributed by atoms with Gasteiger partial charge in [0.15, 0.2) is 0 Å². The third-order valence-electron chi connectivity index (χ3n) is 3.22. The SMILES string of the molecule is CC(C)(C)OC(=O)N1CCCC[C@@H](OCCCOS(C)(=O)=O)C1. The van der Waals surface area contributed by atoms with Crippen LogP contribution in [0.15, 0.2) is 0 Å². The Morgan fingerprint density at radius 2 is 1.91 bits per heavy atom. The fourth-order valence-electron chi connectivity index (χ4n) is 2.25. The summed E-state index contributed by atoms with van der Waals surface area (Å²) in [6, 6.07) is 0. The van der Waals surface area contributed by atoms with Crippen LogP contribution in [0, 0.1) is 0 Å². The standard InChI is InChI=1S/C15H29NO6S/c1-15(2,3)22-14(17)16-9-6-5-8-13(12-16)20-10-7-11-21-23(4,18)19/h13H,5-12H2,1-4H3/t13-/m1/s1. The number of rotatable bonds is 6. The Balaban J connectivity index is 2.36. The van der Waals surface area contributed by atoms with Crippen LogP contribution >= 0.6 is 0 Å². The highest BCUT2D eigenvalue weighted by Crippen LogP contribution is 2.17. The summed E-state index contributed by atoms with van der Waals surface area (Å²) in [6.07, 6.45) is 3.96. The van der Waals surface area contributed by atoms with Gasteiger partial charge in [0, 0.05) is 13.2 Å². The molecule has 1 fully saturated rings. The van der Waals surface area contributed by atoms with E-state index in [2.05, 4.69) is 4.18 Å². The van der Waals surface area contributed by atoms with Gasteiger partial charge in [-0.15, -0.1) is 0 Å². The molecule has 1 heterocycles. The zero-order valence-electron chi connectivity index (χ0n) is 14.5. The fraction of sp³-hybridized carbons (Fsp3) is 0.933. The van der Waals surface area contributed by atoms with Crippen LogP contribution in [0.3, 0.4) is 0 Å². The molecule has 136 valence electrons. The Kier molecular flexibility index (Phi) is 7.76. The summed E-state index contributed by atoms with van der Waals surface area (Å²) in [4.78, 5) is 13.9. The summed E-state index contributed by atoms with van der Waals surface area (Å²) in [5, 5.41) is 0. The lowest BCUT2D eigenvalue weighted by molar-refractivity contribution is -0.000801. The first-order valence-corrected chi connectivity index (χ1v) is 9.82. The van der Waals surface area contributed by atoms with Gasteiger partial charge in [-0.05, 0) is 46.5 Å². The van der Waals surface area contributed by atoms with Crippen molar-refractivity contribution in [2.24, 2.45) is 0 Å². The monoisotopic (exact) mass is 351 g/mol. The summed E-state index contributed by atoms with van der Waals surface area (Å²) < 4.78 is 37.5. The molecule has 0 radical (unpaired) electrons. The molecule has 0 saturated carbocycles. The molecule has 7 nitrogen and oxygen atoms in total. The zero-order valence-corrected chi connectivity index (χ0v) is 15.4. The van der Waals surface area contributed by atoms with Crippen molar-refractivity contribution in [2.45, 2.75) is 58.2 Å². The Morgan fingerprint density at radius 3 is 2.52 bits per heavy atom. The highest BCUT2D eigenvalue weighted by molar-refractivity contribution is 7.85. The maximum Gasteiger partial charge on any atom is 0.410 e. The second kappa shape index (κ2) is 8.84. The molecule has 1 aliphatic heterocycles. The maximum absolute atomic E-state index is 12.2. The predicted octanol–water partition coefficient (Wildman–Crippen LogP) is 2.16. The Bertz CT molecular complexity index is 471. The first-order chi connectivity index (χ1) is 10.6. The number of amides is 1. The highest BCUT2D eigenvalue weighted by atomic mass is 32.2. The minimum atomic E-state index is -3.40. The van der Waals surface area contributed by atoms with Crippen LogP contribution < -0.4 is 0 Å². The fourth-order valence-corrected chi connectivity index (χ4v) is 2.67. The van der Waals surface area contributed by atoms with Crippen molar-refractivity contribution in [3.63, 3.8) is 0 Å². The molecule has 23 heavy (non-hydrogen) atoms. The lowest BCUT2D eigenvalue weighted by Gasteiger charge is -2.28. The number of hydrogen-bond donors (Lipinski definition) is 0. The molecule has 0 unspecified atom stereocenters. The molecule has 0 aromatic rings. The van der Waals surface area contributed by atoms with E-state index >= 15 is 0 Å². The normalized spacial score (nSPS) is 20.2. The molecular formula is C15H29NO6S. The van der Waals surface area contributed by atoms with Gasteiger partial charge in [-0.3, -0.25) is 4.18 Å². The first-order valence-electron chi connectivity index (χ1n) is 8.01. The van der Waals surface area contributed by atoms with Crippen molar-refractivity contribution in [2.75, 3.05) is 32.6 Å². The number of carbonyl (C=O) groups is 1. The number of likely N-dealkylation sites (tertiary alicyclic amines) is 1. The topological polar surface area (TPSA) is 82.1 Å². The molecule has 0 aromatic carbocycles. The average molecular weight is 351 g/mol. The summed E-state index contributed by atoms with van der Waals surface area (Å²) in [6.45, 7) is 7.23. The third kappa shape index (κ3) is 9.78. The summed E-state index contributed by atoms with van der Waals surface area (Å²) in [5.74, 6) is 0. The second-order valence-corrected chi connectivity index (χ2v) is 8.44. The van der Waals surface area contributed by atoms with Gasteiger partial charge >= 0.3 is 6.09 Å². The van der Waals surface area contributed by atoms with E-state index in [0.717, 1.165) is 25.5 Å². The van der Waals surface area contributed by atoms with Gasteiger partial charge in [0.25, 0.3) is 10.1 Å². The lowest BCUT2D eigenvalue weighted by atomic mass is 10.2. The van der Waals surface area contributed by atoms with Crippen molar-refractivity contribution in [3.05, 3.63) is 0 Å². The molecule has 1 saturated heterocycles. The second-order valence-electron chi connectivity index (χ2n) is 6.79. The van der Waals surface area contributed by atoms with Crippen molar-refractivity contribution in [1.29, 1.82) is 0 Å². The van der Waals surface area contributed by atoms with Gasteiger partial charge < -0.3 is 14.4 Å². The van der Waals surface area contributed by atoms with Crippen LogP contribution in [0.1, 0.15) is 46.5 Å². The zero-order chi connectivity index (χ0) is 17.5. The number of nitrogens with zero attached hydrogens (tertiary/aromatic N) is 1. The number of carbonyl (C=O) groups excluding carboxylic acids is 1. The van der Waals surface area contributed by atoms with Crippen LogP contribution in [0.2, 0.25) is 0 Å². The summed E-state index contributed by atoms with van der Waals surface area (Å²) >= 11 is 0. The maximum atomic E-state index is 12.2. The third-order valence-corrected chi connectivity index (χ3v) is 3.81. The molecule has 1 aliphatic rings. The smallest absolute Gasteiger partial charge is 0.410 e. The van der Waals surface area contributed by atoms with Crippen LogP contribution in [-0.2, 0) is 23.8 Å². The van der Waals surface area contributed by atoms with E-state index in [1.807, 2.05) is 20.8 Å². The van der Waals surface area contributed by atoms with Crippen LogP contribution in [0.5, 0.6) is 0 Å². The molecule has 1 rings (SSSR count). The largest absolute Gasteiger partial charge is 0.444 e. The lowest BCUT2D eigenvalue weighted by Crippen LogP contribution is -2.41. The van der Waals surface area contributed by atoms with Gasteiger partial charge in [-0.1, -0.05) is 0 Å². The van der Waals surface area contributed by atoms with Gasteiger partial charge in [0.2, 0.25) is 0 Å². The van der Waals surface area contributed by atoms with E-state index in [1.165, 1.54) is 0 Å². The van der Waals surface area contributed by atoms with Crippen molar-refractivity contribution < 1.29 is 26.9 Å². The minimum absolute atomic E-state index is 0.0525. The molecule has 0 aliphatic carbocycles. The van der Waals surface area contributed by atoms with Gasteiger partial charge in [-0.25, -0.2) is 4.79 Å². The number of ether oxygens (including phenoxy) is 2. The molecular weight excluding hydrogens is 322 g/mol. The minimum Gasteiger partial charge on any atom is -0.444 e. The van der Waals surface area contributed by atoms with Crippen molar-refractivity contribution in [1.82, 2.24) is 4.90 Å². The highest BCUT2D eigenvalue weighted by Gasteiger charge is 2.26. The van der Waals surface area contributed by atoms with E-state index < -0.39 is 15.7 Å². The molecule has 0 spiro atoms. The van der Waals surface area contributed by atoms with Crippen molar-refractivity contribution in [3.8, 4) is 0 Å². The van der Waals surface area contributed by atoms with E-state index in [0.29, 0.717) is 26.1 Å². The van der Waals surface area contributed by atoms with Crippen LogP contribution in [-0.4, -0.2) is 63.7 Å². The van der Waals surface area contributed by atoms with Gasteiger partial charge in [-0.2, -0.15) is 8.42 Å². The summed E-state index contributed by atoms with van der Waals surface area (Å²) in [5.41, 5.74) is -0.511. The molecule has 0 bridgehead atoms. The van der Waals surface area contributed by atoms with Crippen molar-refractivity contribution >= 4 is 16.2 Å². The first kappa shape index (κ1) is 20.2. The van der Waals surface area contributed by atoms with E-state index in [4.69, 9.17) is 9.47 Å².